The molecule has 0 saturated carbocycles. The minimum Gasteiger partial charge on any atom is -0.408 e. The van der Waals surface area contributed by atoms with Crippen LogP contribution >= 0.6 is 0 Å². The molecule has 2 aromatic carbocycles. The number of nitrogens with two attached hydrogens (primary N) is 1. The summed E-state index contributed by atoms with van der Waals surface area (Å²) in [4.78, 5) is 11.5. The van der Waals surface area contributed by atoms with Crippen LogP contribution in [-0.2, 0) is 20.0 Å². The van der Waals surface area contributed by atoms with Gasteiger partial charge in [0.05, 0.1) is 5.52 Å². The molecule has 2 N–H and O–H groups in total. The van der Waals surface area contributed by atoms with Gasteiger partial charge in [-0.05, 0) is 35.2 Å². The number of hydrogen-bond donors (Lipinski definition) is 1. The molecule has 1 aromatic heterocycles. The van der Waals surface area contributed by atoms with Gasteiger partial charge in [0.1, 0.15) is 0 Å². The van der Waals surface area contributed by atoms with Crippen molar-refractivity contribution in [1.29, 1.82) is 0 Å². The van der Waals surface area contributed by atoms with Crippen molar-refractivity contribution in [2.24, 2.45) is 12.8 Å². The first-order valence-electron chi connectivity index (χ1n) is 6.54. The Kier molecular flexibility index (Phi) is 3.16. The molecule has 3 rings (SSSR count). The van der Waals surface area contributed by atoms with E-state index in [4.69, 9.17) is 10.2 Å². The minimum absolute atomic E-state index is 0.331. The second-order valence-electron chi connectivity index (χ2n) is 4.93. The highest BCUT2D eigenvalue weighted by Crippen LogP contribution is 2.17. The third-order valence-electron chi connectivity index (χ3n) is 3.49. The highest BCUT2D eigenvalue weighted by atomic mass is 16.4. The van der Waals surface area contributed by atoms with Gasteiger partial charge in [-0.1, -0.05) is 30.3 Å². The van der Waals surface area contributed by atoms with Crippen LogP contribution < -0.4 is 11.5 Å². The van der Waals surface area contributed by atoms with Crippen molar-refractivity contribution in [3.8, 4) is 0 Å². The van der Waals surface area contributed by atoms with Gasteiger partial charge in [-0.3, -0.25) is 4.57 Å². The fourth-order valence-corrected chi connectivity index (χ4v) is 2.38. The van der Waals surface area contributed by atoms with Gasteiger partial charge >= 0.3 is 5.76 Å². The molecule has 0 spiro atoms. The lowest BCUT2D eigenvalue weighted by molar-refractivity contribution is 0.528. The van der Waals surface area contributed by atoms with Gasteiger partial charge in [-0.25, -0.2) is 4.79 Å². The molecule has 0 saturated heterocycles. The van der Waals surface area contributed by atoms with Crippen LogP contribution in [0.15, 0.2) is 51.7 Å². The Bertz CT molecular complexity index is 815. The van der Waals surface area contributed by atoms with Gasteiger partial charge in [0.2, 0.25) is 0 Å². The maximum Gasteiger partial charge on any atom is 0.419 e. The van der Waals surface area contributed by atoms with Crippen LogP contribution in [0.3, 0.4) is 0 Å². The normalized spacial score (nSPS) is 11.1. The van der Waals surface area contributed by atoms with Crippen LogP contribution in [-0.4, -0.2) is 4.57 Å². The van der Waals surface area contributed by atoms with Gasteiger partial charge < -0.3 is 10.2 Å². The Labute approximate surface area is 116 Å². The molecule has 0 atom stereocenters. The van der Waals surface area contributed by atoms with E-state index < -0.39 is 0 Å². The van der Waals surface area contributed by atoms with E-state index >= 15 is 0 Å². The fourth-order valence-electron chi connectivity index (χ4n) is 2.38. The standard InChI is InChI=1S/C16H16N2O2/c1-18-14-9-12(5-6-15(14)20-16(18)19)7-11-3-2-4-13(8-11)10-17/h2-6,8-9H,7,10,17H2,1H3. The molecule has 0 fully saturated rings. The van der Waals surface area contributed by atoms with Gasteiger partial charge in [-0.15, -0.1) is 0 Å². The molecular weight excluding hydrogens is 252 g/mol. The van der Waals surface area contributed by atoms with Gasteiger partial charge in [0, 0.05) is 13.6 Å². The van der Waals surface area contributed by atoms with Crippen molar-refractivity contribution in [3.05, 3.63) is 69.7 Å². The molecule has 0 aliphatic rings. The number of oxazole rings is 1. The molecule has 0 unspecified atom stereocenters. The zero-order valence-corrected chi connectivity index (χ0v) is 11.3. The van der Waals surface area contributed by atoms with Crippen LogP contribution in [0.2, 0.25) is 0 Å². The summed E-state index contributed by atoms with van der Waals surface area (Å²) in [6, 6.07) is 14.1. The van der Waals surface area contributed by atoms with Crippen molar-refractivity contribution in [1.82, 2.24) is 4.57 Å². The lowest BCUT2D eigenvalue weighted by Gasteiger charge is -2.04. The van der Waals surface area contributed by atoms with E-state index in [2.05, 4.69) is 12.1 Å². The lowest BCUT2D eigenvalue weighted by Crippen LogP contribution is -2.08. The summed E-state index contributed by atoms with van der Waals surface area (Å²) in [5.74, 6) is -0.331. The summed E-state index contributed by atoms with van der Waals surface area (Å²) in [7, 11) is 1.72. The van der Waals surface area contributed by atoms with E-state index in [1.807, 2.05) is 30.3 Å². The maximum absolute atomic E-state index is 11.5. The van der Waals surface area contributed by atoms with Crippen LogP contribution in [0.1, 0.15) is 16.7 Å². The fraction of sp³-hybridized carbons (Fsp3) is 0.188. The summed E-state index contributed by atoms with van der Waals surface area (Å²) in [6.07, 6.45) is 0.809. The first-order valence-corrected chi connectivity index (χ1v) is 6.54. The molecule has 1 heterocycles. The maximum atomic E-state index is 11.5. The van der Waals surface area contributed by atoms with Crippen molar-refractivity contribution >= 4 is 11.1 Å². The molecule has 0 amide bonds. The first kappa shape index (κ1) is 12.7. The molecule has 0 bridgehead atoms. The largest absolute Gasteiger partial charge is 0.419 e. The lowest BCUT2D eigenvalue weighted by atomic mass is 10.0. The molecule has 4 heteroatoms. The van der Waals surface area contributed by atoms with Gasteiger partial charge in [0.15, 0.2) is 5.58 Å². The smallest absolute Gasteiger partial charge is 0.408 e. The van der Waals surface area contributed by atoms with E-state index in [9.17, 15) is 4.79 Å². The second-order valence-corrected chi connectivity index (χ2v) is 4.93. The van der Waals surface area contributed by atoms with E-state index in [1.165, 1.54) is 10.1 Å². The predicted molar refractivity (Wildman–Crippen MR) is 78.6 cm³/mol. The Morgan fingerprint density at radius 3 is 2.65 bits per heavy atom. The molecular formula is C16H16N2O2. The van der Waals surface area contributed by atoms with E-state index in [0.717, 1.165) is 23.1 Å². The van der Waals surface area contributed by atoms with Crippen LogP contribution in [0.5, 0.6) is 0 Å². The Morgan fingerprint density at radius 2 is 1.85 bits per heavy atom. The highest BCUT2D eigenvalue weighted by Gasteiger charge is 2.07. The van der Waals surface area contributed by atoms with Crippen molar-refractivity contribution in [2.45, 2.75) is 13.0 Å². The summed E-state index contributed by atoms with van der Waals surface area (Å²) in [5.41, 5.74) is 10.6. The average Bonchev–Trinajstić information content (AvgIpc) is 2.75. The summed E-state index contributed by atoms with van der Waals surface area (Å²) in [5, 5.41) is 0. The number of fused-ring (bicyclic) bond motifs is 1. The Morgan fingerprint density at radius 1 is 1.10 bits per heavy atom. The molecule has 4 nitrogen and oxygen atoms in total. The number of nitrogens with zero attached hydrogens (tertiary/aromatic N) is 1. The van der Waals surface area contributed by atoms with Crippen molar-refractivity contribution in [3.63, 3.8) is 0 Å². The zero-order valence-electron chi connectivity index (χ0n) is 11.3. The number of aryl methyl sites for hydroxylation is 1. The molecule has 102 valence electrons. The van der Waals surface area contributed by atoms with E-state index in [0.29, 0.717) is 12.1 Å². The molecule has 0 aliphatic carbocycles. The number of aromatic nitrogens is 1. The van der Waals surface area contributed by atoms with Crippen molar-refractivity contribution < 1.29 is 4.42 Å². The molecule has 20 heavy (non-hydrogen) atoms. The average molecular weight is 268 g/mol. The zero-order chi connectivity index (χ0) is 14.1. The Balaban J connectivity index is 1.98. The predicted octanol–water partition coefficient (Wildman–Crippen LogP) is 2.18. The van der Waals surface area contributed by atoms with Gasteiger partial charge in [0.25, 0.3) is 0 Å². The van der Waals surface area contributed by atoms with E-state index in [1.54, 1.807) is 7.05 Å². The highest BCUT2D eigenvalue weighted by molar-refractivity contribution is 5.73. The van der Waals surface area contributed by atoms with Crippen LogP contribution in [0, 0.1) is 0 Å². The molecule has 0 aliphatic heterocycles. The van der Waals surface area contributed by atoms with Crippen LogP contribution in [0.4, 0.5) is 0 Å². The molecule has 3 aromatic rings. The van der Waals surface area contributed by atoms with E-state index in [-0.39, 0.29) is 5.76 Å². The first-order chi connectivity index (χ1) is 9.67. The molecule has 0 radical (unpaired) electrons. The number of benzene rings is 2. The second kappa shape index (κ2) is 4.98. The Hall–Kier alpha value is -2.33. The third-order valence-corrected chi connectivity index (χ3v) is 3.49. The minimum atomic E-state index is -0.331. The van der Waals surface area contributed by atoms with Crippen LogP contribution in [0.25, 0.3) is 11.1 Å². The number of hydrogen-bond acceptors (Lipinski definition) is 3. The topological polar surface area (TPSA) is 61.2 Å². The summed E-state index contributed by atoms with van der Waals surface area (Å²) < 4.78 is 6.65. The van der Waals surface area contributed by atoms with Gasteiger partial charge in [-0.2, -0.15) is 0 Å². The monoisotopic (exact) mass is 268 g/mol. The quantitative estimate of drug-likeness (QED) is 0.792. The summed E-state index contributed by atoms with van der Waals surface area (Å²) >= 11 is 0. The SMILES string of the molecule is Cn1c(=O)oc2ccc(Cc3cccc(CN)c3)cc21. The number of rotatable bonds is 3. The summed E-state index contributed by atoms with van der Waals surface area (Å²) in [6.45, 7) is 0.545. The third kappa shape index (κ3) is 2.26. The van der Waals surface area contributed by atoms with Crippen molar-refractivity contribution in [2.75, 3.05) is 0 Å².